The topological polar surface area (TPSA) is 30.0 Å². The van der Waals surface area contributed by atoms with Gasteiger partial charge in [0.2, 0.25) is 0 Å². The minimum Gasteiger partial charge on any atom is -0.276 e. The molecule has 0 N–H and O–H groups in total. The van der Waals surface area contributed by atoms with Gasteiger partial charge in [-0.1, -0.05) is 15.9 Å². The maximum atomic E-state index is 12.4. The molecule has 0 atom stereocenters. The molecule has 1 aromatic rings. The second kappa shape index (κ2) is 4.79. The van der Waals surface area contributed by atoms with E-state index in [1.54, 1.807) is 0 Å². The molecule has 0 aliphatic heterocycles. The van der Waals surface area contributed by atoms with E-state index >= 15 is 0 Å². The summed E-state index contributed by atoms with van der Waals surface area (Å²) in [6.45, 7) is 0. The Kier molecular flexibility index (Phi) is 3.95. The highest BCUT2D eigenvalue weighted by Crippen LogP contribution is 2.26. The van der Waals surface area contributed by atoms with E-state index < -0.39 is 11.7 Å². The van der Waals surface area contributed by atoms with Crippen LogP contribution in [0.4, 0.5) is 8.78 Å². The average Bonchev–Trinajstić information content (AvgIpc) is 2.16. The molecule has 0 saturated carbocycles. The Bertz CT molecular complexity index is 359. The standard InChI is InChI=1S/C8H5BrClF2NO/c9-1-4-5(7(10)14)2-13-3-6(4)8(11)12/h2-3,8H,1H2. The van der Waals surface area contributed by atoms with Crippen LogP contribution in [-0.2, 0) is 5.33 Å². The molecular formula is C8H5BrClF2NO. The minimum absolute atomic E-state index is 0.0151. The molecule has 0 aliphatic carbocycles. The number of halogens is 4. The number of hydrogen-bond acceptors (Lipinski definition) is 2. The zero-order valence-electron chi connectivity index (χ0n) is 6.81. The summed E-state index contributed by atoms with van der Waals surface area (Å²) in [6, 6.07) is 0. The van der Waals surface area contributed by atoms with Gasteiger partial charge in [-0.15, -0.1) is 0 Å². The number of nitrogens with zero attached hydrogens (tertiary/aromatic N) is 1. The van der Waals surface area contributed by atoms with E-state index in [-0.39, 0.29) is 22.0 Å². The van der Waals surface area contributed by atoms with Crippen LogP contribution in [0.5, 0.6) is 0 Å². The largest absolute Gasteiger partial charge is 0.276 e. The van der Waals surface area contributed by atoms with Gasteiger partial charge >= 0.3 is 0 Å². The number of rotatable bonds is 3. The lowest BCUT2D eigenvalue weighted by Gasteiger charge is -2.08. The maximum absolute atomic E-state index is 12.4. The van der Waals surface area contributed by atoms with Crippen LogP contribution in [0, 0.1) is 0 Å². The fourth-order valence-corrected chi connectivity index (χ4v) is 1.80. The molecule has 0 saturated heterocycles. The van der Waals surface area contributed by atoms with Crippen LogP contribution >= 0.6 is 27.5 Å². The molecule has 0 fully saturated rings. The van der Waals surface area contributed by atoms with Crippen LogP contribution in [0.2, 0.25) is 0 Å². The van der Waals surface area contributed by atoms with E-state index in [2.05, 4.69) is 20.9 Å². The van der Waals surface area contributed by atoms with Crippen molar-refractivity contribution in [3.05, 3.63) is 29.1 Å². The molecule has 0 aliphatic rings. The van der Waals surface area contributed by atoms with Gasteiger partial charge in [-0.05, 0) is 17.2 Å². The lowest BCUT2D eigenvalue weighted by molar-refractivity contribution is 0.107. The Morgan fingerprint density at radius 3 is 2.64 bits per heavy atom. The van der Waals surface area contributed by atoms with Gasteiger partial charge in [0.05, 0.1) is 5.56 Å². The second-order valence-electron chi connectivity index (χ2n) is 2.46. The maximum Gasteiger partial charge on any atom is 0.265 e. The summed E-state index contributed by atoms with van der Waals surface area (Å²) in [5.74, 6) is 0. The summed E-state index contributed by atoms with van der Waals surface area (Å²) in [5.41, 5.74) is -0.0651. The lowest BCUT2D eigenvalue weighted by atomic mass is 10.1. The van der Waals surface area contributed by atoms with E-state index in [0.29, 0.717) is 0 Å². The van der Waals surface area contributed by atoms with Gasteiger partial charge in [-0.3, -0.25) is 9.78 Å². The fourth-order valence-electron chi connectivity index (χ4n) is 1.01. The van der Waals surface area contributed by atoms with Crippen LogP contribution in [0.3, 0.4) is 0 Å². The van der Waals surface area contributed by atoms with Crippen LogP contribution in [0.1, 0.15) is 27.9 Å². The number of carbonyl (C=O) groups excluding carboxylic acids is 1. The van der Waals surface area contributed by atoms with Crippen molar-refractivity contribution in [3.63, 3.8) is 0 Å². The zero-order chi connectivity index (χ0) is 10.7. The van der Waals surface area contributed by atoms with Gasteiger partial charge in [-0.2, -0.15) is 0 Å². The lowest BCUT2D eigenvalue weighted by Crippen LogP contribution is -2.02. The monoisotopic (exact) mass is 283 g/mol. The first kappa shape index (κ1) is 11.5. The zero-order valence-corrected chi connectivity index (χ0v) is 9.15. The predicted molar refractivity (Wildman–Crippen MR) is 52.0 cm³/mol. The molecule has 0 unspecified atom stereocenters. The quantitative estimate of drug-likeness (QED) is 0.630. The van der Waals surface area contributed by atoms with Crippen molar-refractivity contribution in [3.8, 4) is 0 Å². The molecule has 1 rings (SSSR count). The first-order valence-corrected chi connectivity index (χ1v) is 5.08. The number of aromatic nitrogens is 1. The molecule has 76 valence electrons. The third kappa shape index (κ3) is 2.27. The second-order valence-corrected chi connectivity index (χ2v) is 3.37. The summed E-state index contributed by atoms with van der Waals surface area (Å²) in [7, 11) is 0. The van der Waals surface area contributed by atoms with Crippen molar-refractivity contribution in [1.29, 1.82) is 0 Å². The first-order chi connectivity index (χ1) is 6.57. The Morgan fingerprint density at radius 1 is 1.57 bits per heavy atom. The van der Waals surface area contributed by atoms with Crippen molar-refractivity contribution in [2.45, 2.75) is 11.8 Å². The van der Waals surface area contributed by atoms with E-state index in [0.717, 1.165) is 6.20 Å². The van der Waals surface area contributed by atoms with Crippen molar-refractivity contribution >= 4 is 32.8 Å². The summed E-state index contributed by atoms with van der Waals surface area (Å²) in [4.78, 5) is 14.4. The van der Waals surface area contributed by atoms with Crippen LogP contribution in [0.15, 0.2) is 12.4 Å². The SMILES string of the molecule is O=C(Cl)c1cncc(C(F)F)c1CBr. The number of pyridine rings is 1. The predicted octanol–water partition coefficient (Wildman–Crippen LogP) is 3.29. The highest BCUT2D eigenvalue weighted by molar-refractivity contribution is 9.08. The molecule has 1 heterocycles. The molecule has 1 aromatic heterocycles. The molecule has 0 aromatic carbocycles. The molecule has 6 heteroatoms. The third-order valence-corrected chi connectivity index (χ3v) is 2.44. The molecule has 2 nitrogen and oxygen atoms in total. The van der Waals surface area contributed by atoms with Crippen LogP contribution in [-0.4, -0.2) is 10.2 Å². The summed E-state index contributed by atoms with van der Waals surface area (Å²) in [5, 5.41) is -0.641. The Morgan fingerprint density at radius 2 is 2.21 bits per heavy atom. The van der Waals surface area contributed by atoms with Gasteiger partial charge in [-0.25, -0.2) is 8.78 Å². The Balaban J connectivity index is 3.32. The summed E-state index contributed by atoms with van der Waals surface area (Å²) in [6.07, 6.45) is -0.450. The van der Waals surface area contributed by atoms with Gasteiger partial charge in [0.1, 0.15) is 0 Å². The molecule has 0 radical (unpaired) electrons. The van der Waals surface area contributed by atoms with Gasteiger partial charge < -0.3 is 0 Å². The van der Waals surface area contributed by atoms with Gasteiger partial charge in [0.25, 0.3) is 11.7 Å². The average molecular weight is 284 g/mol. The molecule has 14 heavy (non-hydrogen) atoms. The Hall–Kier alpha value is -0.550. The minimum atomic E-state index is -2.66. The molecule has 0 spiro atoms. The number of alkyl halides is 3. The van der Waals surface area contributed by atoms with E-state index in [9.17, 15) is 13.6 Å². The Labute approximate surface area is 92.4 Å². The van der Waals surface area contributed by atoms with Crippen LogP contribution in [0.25, 0.3) is 0 Å². The highest BCUT2D eigenvalue weighted by atomic mass is 79.9. The molecule has 0 amide bonds. The van der Waals surface area contributed by atoms with E-state index in [1.807, 2.05) is 0 Å². The van der Waals surface area contributed by atoms with Crippen molar-refractivity contribution < 1.29 is 13.6 Å². The smallest absolute Gasteiger partial charge is 0.265 e. The van der Waals surface area contributed by atoms with Crippen molar-refractivity contribution in [2.75, 3.05) is 0 Å². The number of carbonyl (C=O) groups is 1. The fraction of sp³-hybridized carbons (Fsp3) is 0.250. The molecular weight excluding hydrogens is 279 g/mol. The van der Waals surface area contributed by atoms with Crippen LogP contribution < -0.4 is 0 Å². The highest BCUT2D eigenvalue weighted by Gasteiger charge is 2.18. The number of hydrogen-bond donors (Lipinski definition) is 0. The molecule has 0 bridgehead atoms. The van der Waals surface area contributed by atoms with Gasteiger partial charge in [0, 0.05) is 23.3 Å². The summed E-state index contributed by atoms with van der Waals surface area (Å²) < 4.78 is 24.9. The van der Waals surface area contributed by atoms with Gasteiger partial charge in [0.15, 0.2) is 0 Å². The van der Waals surface area contributed by atoms with E-state index in [4.69, 9.17) is 11.6 Å². The van der Waals surface area contributed by atoms with Crippen molar-refractivity contribution in [1.82, 2.24) is 4.98 Å². The first-order valence-electron chi connectivity index (χ1n) is 3.58. The summed E-state index contributed by atoms with van der Waals surface area (Å²) >= 11 is 8.24. The normalized spacial score (nSPS) is 10.6. The third-order valence-electron chi connectivity index (χ3n) is 1.67. The van der Waals surface area contributed by atoms with Crippen molar-refractivity contribution in [2.24, 2.45) is 0 Å². The van der Waals surface area contributed by atoms with E-state index in [1.165, 1.54) is 6.20 Å².